The maximum absolute atomic E-state index is 11.6. The predicted octanol–water partition coefficient (Wildman–Crippen LogP) is 4.25. The van der Waals surface area contributed by atoms with Crippen molar-refractivity contribution in [2.45, 2.75) is 78.3 Å². The number of carbonyl (C=O) groups is 2. The van der Waals surface area contributed by atoms with E-state index in [-0.39, 0.29) is 5.91 Å². The summed E-state index contributed by atoms with van der Waals surface area (Å²) < 4.78 is 19.0. The minimum absolute atomic E-state index is 0.337. The lowest BCUT2D eigenvalue weighted by atomic mass is 10.0. The average molecular weight is 607 g/mol. The first-order valence-electron chi connectivity index (χ1n) is 13.8. The molecular weight excluding hydrogens is 564 g/mol. The highest BCUT2D eigenvalue weighted by Gasteiger charge is 2.19. The normalized spacial score (nSPS) is 12.1. The van der Waals surface area contributed by atoms with Crippen molar-refractivity contribution >= 4 is 45.1 Å². The van der Waals surface area contributed by atoms with Crippen LogP contribution < -0.4 is 31.6 Å². The minimum atomic E-state index is -0.529. The Morgan fingerprint density at radius 3 is 1.76 bits per heavy atom. The molecule has 0 aliphatic rings. The summed E-state index contributed by atoms with van der Waals surface area (Å²) in [5.74, 6) is -0.428. The van der Waals surface area contributed by atoms with Crippen LogP contribution in [0, 0.1) is 5.92 Å². The van der Waals surface area contributed by atoms with Gasteiger partial charge < -0.3 is 31.6 Å². The van der Waals surface area contributed by atoms with Gasteiger partial charge in [-0.2, -0.15) is 9.97 Å². The summed E-state index contributed by atoms with van der Waals surface area (Å²) in [5.41, 5.74) is 11.9. The third-order valence-corrected chi connectivity index (χ3v) is 6.80. The number of ether oxygens (including phenoxy) is 2. The maximum atomic E-state index is 11.6. The number of nitrogens with zero attached hydrogens (tertiary/aromatic N) is 4. The first-order chi connectivity index (χ1) is 19.7. The predicted molar refractivity (Wildman–Crippen MR) is 163 cm³/mol. The molecule has 0 saturated heterocycles. The summed E-state index contributed by atoms with van der Waals surface area (Å²) in [6.45, 7) is 9.46. The fourth-order valence-electron chi connectivity index (χ4n) is 3.36. The summed E-state index contributed by atoms with van der Waals surface area (Å²) in [6, 6.07) is 9.44. The maximum Gasteiger partial charge on any atom is 0.330 e. The summed E-state index contributed by atoms with van der Waals surface area (Å²) >= 11 is 2.33. The molecule has 2 aromatic heterocycles. The van der Waals surface area contributed by atoms with Gasteiger partial charge in [0, 0.05) is 29.5 Å². The molecule has 3 rings (SSSR count). The molecule has 0 aliphatic heterocycles. The monoisotopic (exact) mass is 606 g/mol. The van der Waals surface area contributed by atoms with Gasteiger partial charge in [-0.1, -0.05) is 70.9 Å². The van der Waals surface area contributed by atoms with E-state index < -0.39 is 18.0 Å². The van der Waals surface area contributed by atoms with Crippen LogP contribution >= 0.6 is 23.1 Å². The van der Waals surface area contributed by atoms with Crippen LogP contribution in [0.5, 0.6) is 12.0 Å². The van der Waals surface area contributed by atoms with Crippen molar-refractivity contribution in [2.75, 3.05) is 23.8 Å². The van der Waals surface area contributed by atoms with Crippen LogP contribution in [-0.4, -0.2) is 55.8 Å². The Bertz CT molecular complexity index is 1160. The number of unbranched alkanes of at least 4 members (excludes halogenated alkanes) is 2. The second kappa shape index (κ2) is 18.8. The lowest BCUT2D eigenvalue weighted by molar-refractivity contribution is -0.119. The molecule has 0 unspecified atom stereocenters. The van der Waals surface area contributed by atoms with E-state index in [1.165, 1.54) is 11.5 Å². The molecule has 2 amide bonds. The molecule has 6 N–H and O–H groups in total. The fourth-order valence-corrected chi connectivity index (χ4v) is 4.50. The lowest BCUT2D eigenvalue weighted by Gasteiger charge is -2.16. The highest BCUT2D eigenvalue weighted by molar-refractivity contribution is 7.10. The zero-order valence-electron chi connectivity index (χ0n) is 24.2. The van der Waals surface area contributed by atoms with Gasteiger partial charge in [0.2, 0.25) is 22.1 Å². The van der Waals surface area contributed by atoms with Crippen LogP contribution in [0.25, 0.3) is 0 Å². The quantitative estimate of drug-likeness (QED) is 0.153. The van der Waals surface area contributed by atoms with Gasteiger partial charge in [0.25, 0.3) is 0 Å². The van der Waals surface area contributed by atoms with Crippen molar-refractivity contribution in [3.63, 3.8) is 0 Å². The fraction of sp³-hybridized carbons (Fsp3) is 0.556. The van der Waals surface area contributed by atoms with Crippen LogP contribution in [0.1, 0.15) is 65.4 Å². The van der Waals surface area contributed by atoms with Crippen LogP contribution in [-0.2, 0) is 16.0 Å². The molecule has 14 heteroatoms. The van der Waals surface area contributed by atoms with Crippen molar-refractivity contribution in [3.05, 3.63) is 35.9 Å². The molecule has 0 bridgehead atoms. The first-order valence-corrected chi connectivity index (χ1v) is 15.3. The summed E-state index contributed by atoms with van der Waals surface area (Å²) in [6.07, 6.45) is 5.21. The van der Waals surface area contributed by atoms with Gasteiger partial charge in [-0.15, -0.1) is 8.75 Å². The van der Waals surface area contributed by atoms with Crippen molar-refractivity contribution in [3.8, 4) is 12.0 Å². The van der Waals surface area contributed by atoms with Gasteiger partial charge in [-0.05, 0) is 30.7 Å². The Hall–Kier alpha value is -3.52. The Kier molecular flexibility index (Phi) is 15.4. The molecule has 0 saturated carbocycles. The number of nitrogens with one attached hydrogen (secondary N) is 2. The number of primary amides is 2. The molecule has 2 heterocycles. The Balaban J connectivity index is 0.000000290. The van der Waals surface area contributed by atoms with E-state index in [0.717, 1.165) is 42.8 Å². The Labute approximate surface area is 250 Å². The number of hydrogen-bond acceptors (Lipinski definition) is 12. The van der Waals surface area contributed by atoms with Gasteiger partial charge in [-0.25, -0.2) is 0 Å². The highest BCUT2D eigenvalue weighted by Crippen LogP contribution is 2.20. The largest absolute Gasteiger partial charge is 0.463 e. The van der Waals surface area contributed by atoms with Crippen LogP contribution in [0.2, 0.25) is 0 Å². The molecule has 0 radical (unpaired) electrons. The second-order valence-corrected chi connectivity index (χ2v) is 11.2. The van der Waals surface area contributed by atoms with Gasteiger partial charge >= 0.3 is 12.0 Å². The lowest BCUT2D eigenvalue weighted by Crippen LogP contribution is -2.37. The number of aromatic nitrogens is 4. The molecular formula is C27H42N8O4S2. The van der Waals surface area contributed by atoms with E-state index in [1.807, 2.05) is 44.2 Å². The number of hydrogen-bond donors (Lipinski definition) is 4. The number of amides is 2. The molecule has 0 aliphatic carbocycles. The topological polar surface area (TPSA) is 180 Å². The summed E-state index contributed by atoms with van der Waals surface area (Å²) in [4.78, 5) is 31.3. The second-order valence-electron chi connectivity index (χ2n) is 9.69. The third-order valence-electron chi connectivity index (χ3n) is 5.54. The van der Waals surface area contributed by atoms with Gasteiger partial charge in [0.05, 0.1) is 13.2 Å². The molecule has 3 aromatic rings. The molecule has 0 fully saturated rings. The van der Waals surface area contributed by atoms with Crippen molar-refractivity contribution in [2.24, 2.45) is 17.4 Å². The number of nitrogens with two attached hydrogens (primary N) is 2. The van der Waals surface area contributed by atoms with Gasteiger partial charge in [0.1, 0.15) is 12.1 Å². The SMILES string of the molecule is CCCCOc1nsc(N[C@@H](CC(C)C)C(N)=O)n1.CCCCOc1nsc(N[C@@H](Cc2ccccc2)C(N)=O)n1. The molecule has 1 aromatic carbocycles. The number of carbonyl (C=O) groups excluding carboxylic acids is 2. The van der Waals surface area contributed by atoms with E-state index in [1.54, 1.807) is 0 Å². The van der Waals surface area contributed by atoms with Crippen LogP contribution in [0.3, 0.4) is 0 Å². The third kappa shape index (κ3) is 13.6. The van der Waals surface area contributed by atoms with E-state index in [4.69, 9.17) is 20.9 Å². The molecule has 2 atom stereocenters. The van der Waals surface area contributed by atoms with E-state index >= 15 is 0 Å². The Morgan fingerprint density at radius 2 is 1.32 bits per heavy atom. The average Bonchev–Trinajstić information content (AvgIpc) is 3.58. The minimum Gasteiger partial charge on any atom is -0.463 e. The van der Waals surface area contributed by atoms with E-state index in [9.17, 15) is 9.59 Å². The Morgan fingerprint density at radius 1 is 0.829 bits per heavy atom. The number of benzene rings is 1. The van der Waals surface area contributed by atoms with E-state index in [0.29, 0.717) is 54.3 Å². The highest BCUT2D eigenvalue weighted by atomic mass is 32.1. The van der Waals surface area contributed by atoms with Gasteiger partial charge in [-0.3, -0.25) is 9.59 Å². The van der Waals surface area contributed by atoms with Crippen molar-refractivity contribution in [1.82, 2.24) is 18.7 Å². The molecule has 12 nitrogen and oxygen atoms in total. The van der Waals surface area contributed by atoms with Crippen LogP contribution in [0.15, 0.2) is 30.3 Å². The molecule has 41 heavy (non-hydrogen) atoms. The summed E-state index contributed by atoms with van der Waals surface area (Å²) in [5, 5.41) is 7.14. The van der Waals surface area contributed by atoms with Crippen molar-refractivity contribution in [1.29, 1.82) is 0 Å². The van der Waals surface area contributed by atoms with Crippen molar-refractivity contribution < 1.29 is 19.1 Å². The van der Waals surface area contributed by atoms with Crippen LogP contribution in [0.4, 0.5) is 10.3 Å². The van der Waals surface area contributed by atoms with E-state index in [2.05, 4.69) is 43.2 Å². The summed E-state index contributed by atoms with van der Waals surface area (Å²) in [7, 11) is 0. The molecule has 0 spiro atoms. The zero-order valence-corrected chi connectivity index (χ0v) is 25.8. The smallest absolute Gasteiger partial charge is 0.330 e. The first kappa shape index (κ1) is 33.7. The molecule has 226 valence electrons. The zero-order chi connectivity index (χ0) is 30.0. The van der Waals surface area contributed by atoms with Gasteiger partial charge in [0.15, 0.2) is 0 Å². The standard InChI is InChI=1S/C15H20N4O2S.C12H22N4O2S/c1-2-3-9-21-14-18-15(22-19-14)17-12(13(16)20)10-11-7-5-4-6-8-11;1-4-5-6-18-11-15-12(19-16-11)14-9(10(13)17)7-8(2)3/h4-8,12H,2-3,9-10H2,1H3,(H2,16,20)(H,17,18,19);8-9H,4-7H2,1-3H3,(H2,13,17)(H,14,15,16)/t12-;9-/m00/s1. The number of anilines is 2. The number of rotatable bonds is 18.